The van der Waals surface area contributed by atoms with Gasteiger partial charge in [-0.2, -0.15) is 0 Å². The van der Waals surface area contributed by atoms with Crippen molar-refractivity contribution in [1.82, 2.24) is 0 Å². The molecule has 0 saturated carbocycles. The molecule has 0 saturated heterocycles. The highest BCUT2D eigenvalue weighted by Crippen LogP contribution is 2.19. The summed E-state index contributed by atoms with van der Waals surface area (Å²) in [6.07, 6.45) is 84.7. The third kappa shape index (κ3) is 62.6. The van der Waals surface area contributed by atoms with Crippen molar-refractivity contribution in [3.63, 3.8) is 0 Å². The van der Waals surface area contributed by atoms with Gasteiger partial charge in [0.2, 0.25) is 0 Å². The lowest BCUT2D eigenvalue weighted by Gasteiger charge is -2.15. The second kappa shape index (κ2) is 64.4. The number of esters is 2. The lowest BCUT2D eigenvalue weighted by Crippen LogP contribution is -2.28. The Kier molecular flexibility index (Phi) is 62.7. The number of aliphatic hydroxyl groups is 1. The fourth-order valence-corrected chi connectivity index (χ4v) is 10.2. The maximum absolute atomic E-state index is 12.3. The van der Waals surface area contributed by atoms with Crippen LogP contribution in [0.5, 0.6) is 0 Å². The van der Waals surface area contributed by atoms with Crippen molar-refractivity contribution >= 4 is 11.9 Å². The molecule has 0 fully saturated rings. The first-order chi connectivity index (χ1) is 36.1. The molecule has 0 aromatic carbocycles. The lowest BCUT2D eigenvalue weighted by atomic mass is 10.0. The Hall–Kier alpha value is -1.88. The fourth-order valence-electron chi connectivity index (χ4n) is 10.2. The molecule has 1 atom stereocenters. The van der Waals surface area contributed by atoms with E-state index in [-0.39, 0.29) is 25.2 Å². The molecular weight excluding hydrogens is 897 g/mol. The molecule has 0 spiro atoms. The van der Waals surface area contributed by atoms with Crippen LogP contribution in [0.15, 0.2) is 36.5 Å². The zero-order chi connectivity index (χ0) is 52.7. The smallest absolute Gasteiger partial charge is 0.306 e. The first kappa shape index (κ1) is 71.1. The quantitative estimate of drug-likeness (QED) is 0.0373. The molecule has 5 nitrogen and oxygen atoms in total. The molecule has 0 aromatic rings. The first-order valence-electron chi connectivity index (χ1n) is 33.0. The van der Waals surface area contributed by atoms with Crippen LogP contribution in [0.2, 0.25) is 0 Å². The van der Waals surface area contributed by atoms with Gasteiger partial charge in [0.25, 0.3) is 0 Å². The van der Waals surface area contributed by atoms with Crippen molar-refractivity contribution in [2.75, 3.05) is 13.2 Å². The molecule has 0 aromatic heterocycles. The van der Waals surface area contributed by atoms with Gasteiger partial charge in [0.1, 0.15) is 6.61 Å². The highest BCUT2D eigenvalue weighted by atomic mass is 16.6. The van der Waals surface area contributed by atoms with E-state index in [9.17, 15) is 14.7 Å². The van der Waals surface area contributed by atoms with Gasteiger partial charge in [0.15, 0.2) is 6.10 Å². The summed E-state index contributed by atoms with van der Waals surface area (Å²) in [7, 11) is 0. The average Bonchev–Trinajstić information content (AvgIpc) is 3.39. The third-order valence-electron chi connectivity index (χ3n) is 15.2. The van der Waals surface area contributed by atoms with Crippen molar-refractivity contribution in [2.24, 2.45) is 0 Å². The molecule has 0 bridgehead atoms. The summed E-state index contributed by atoms with van der Waals surface area (Å²) in [4.78, 5) is 24.5. The van der Waals surface area contributed by atoms with E-state index < -0.39 is 6.10 Å². The molecule has 0 heterocycles. The first-order valence-corrected chi connectivity index (χ1v) is 33.0. The van der Waals surface area contributed by atoms with E-state index in [0.717, 1.165) is 57.8 Å². The molecular formula is C68H128O5. The summed E-state index contributed by atoms with van der Waals surface area (Å²) < 4.78 is 10.7. The van der Waals surface area contributed by atoms with Gasteiger partial charge in [-0.05, 0) is 51.4 Å². The molecule has 0 amide bonds. The zero-order valence-electron chi connectivity index (χ0n) is 49.4. The number of hydrogen-bond acceptors (Lipinski definition) is 5. The van der Waals surface area contributed by atoms with Gasteiger partial charge in [-0.15, -0.1) is 0 Å². The second-order valence-corrected chi connectivity index (χ2v) is 22.6. The standard InChI is InChI=1S/C68H128O5/c1-3-5-7-9-11-13-15-17-19-21-23-24-25-26-27-28-29-30-31-32-33-34-35-36-37-38-39-40-41-42-43-45-46-48-50-52-54-56-58-60-62-67(70)72-65-66(64-69)73-68(71)63-61-59-57-55-53-51-49-47-44-22-20-18-16-14-12-10-8-6-4-2/h12,14,18,20,44,47,66,69H,3-11,13,15-17,19,21-43,45-46,48-65H2,1-2H3/b14-12-,20-18-,47-44-. The van der Waals surface area contributed by atoms with Crippen molar-refractivity contribution in [2.45, 2.75) is 373 Å². The van der Waals surface area contributed by atoms with E-state index in [1.54, 1.807) is 0 Å². The minimum atomic E-state index is -0.778. The minimum absolute atomic E-state index is 0.0674. The van der Waals surface area contributed by atoms with Gasteiger partial charge in [-0.1, -0.05) is 339 Å². The molecule has 1 unspecified atom stereocenters. The topological polar surface area (TPSA) is 72.8 Å². The van der Waals surface area contributed by atoms with E-state index in [0.29, 0.717) is 12.8 Å². The minimum Gasteiger partial charge on any atom is -0.462 e. The van der Waals surface area contributed by atoms with E-state index in [4.69, 9.17) is 9.47 Å². The monoisotopic (exact) mass is 1020 g/mol. The average molecular weight is 1030 g/mol. The van der Waals surface area contributed by atoms with Gasteiger partial charge < -0.3 is 14.6 Å². The van der Waals surface area contributed by atoms with Crippen LogP contribution in [-0.4, -0.2) is 36.4 Å². The van der Waals surface area contributed by atoms with Crippen LogP contribution in [0.25, 0.3) is 0 Å². The van der Waals surface area contributed by atoms with Gasteiger partial charge in [-0.3, -0.25) is 9.59 Å². The Morgan fingerprint density at radius 1 is 0.315 bits per heavy atom. The highest BCUT2D eigenvalue weighted by Gasteiger charge is 2.16. The van der Waals surface area contributed by atoms with Crippen LogP contribution in [-0.2, 0) is 19.1 Å². The summed E-state index contributed by atoms with van der Waals surface area (Å²) in [6, 6.07) is 0. The predicted octanol–water partition coefficient (Wildman–Crippen LogP) is 22.6. The molecule has 0 aliphatic rings. The maximum atomic E-state index is 12.3. The van der Waals surface area contributed by atoms with Gasteiger partial charge in [0, 0.05) is 12.8 Å². The van der Waals surface area contributed by atoms with Gasteiger partial charge >= 0.3 is 11.9 Å². The van der Waals surface area contributed by atoms with E-state index in [1.807, 2.05) is 0 Å². The van der Waals surface area contributed by atoms with Gasteiger partial charge in [-0.25, -0.2) is 0 Å². The summed E-state index contributed by atoms with van der Waals surface area (Å²) in [5.74, 6) is -0.589. The normalized spacial score (nSPS) is 12.3. The van der Waals surface area contributed by atoms with Crippen molar-refractivity contribution in [3.8, 4) is 0 Å². The van der Waals surface area contributed by atoms with Crippen LogP contribution in [0.4, 0.5) is 0 Å². The fraction of sp³-hybridized carbons (Fsp3) is 0.882. The lowest BCUT2D eigenvalue weighted by molar-refractivity contribution is -0.161. The number of hydrogen-bond donors (Lipinski definition) is 1. The number of aliphatic hydroxyl groups excluding tert-OH is 1. The van der Waals surface area contributed by atoms with E-state index >= 15 is 0 Å². The molecule has 1 N–H and O–H groups in total. The molecule has 0 radical (unpaired) electrons. The Morgan fingerprint density at radius 2 is 0.548 bits per heavy atom. The van der Waals surface area contributed by atoms with Crippen molar-refractivity contribution in [1.29, 1.82) is 0 Å². The molecule has 430 valence electrons. The van der Waals surface area contributed by atoms with Crippen LogP contribution in [0.1, 0.15) is 367 Å². The third-order valence-corrected chi connectivity index (χ3v) is 15.2. The molecule has 5 heteroatoms. The van der Waals surface area contributed by atoms with Crippen LogP contribution >= 0.6 is 0 Å². The molecule has 0 rings (SSSR count). The van der Waals surface area contributed by atoms with Crippen molar-refractivity contribution in [3.05, 3.63) is 36.5 Å². The van der Waals surface area contributed by atoms with Gasteiger partial charge in [0.05, 0.1) is 6.61 Å². The number of carbonyl (C=O) groups excluding carboxylic acids is 2. The predicted molar refractivity (Wildman–Crippen MR) is 321 cm³/mol. The Balaban J connectivity index is 3.36. The Labute approximate surface area is 456 Å². The highest BCUT2D eigenvalue weighted by molar-refractivity contribution is 5.70. The Bertz CT molecular complexity index is 1160. The van der Waals surface area contributed by atoms with Crippen LogP contribution < -0.4 is 0 Å². The zero-order valence-corrected chi connectivity index (χ0v) is 49.4. The largest absolute Gasteiger partial charge is 0.462 e. The molecule has 0 aliphatic heterocycles. The summed E-state index contributed by atoms with van der Waals surface area (Å²) in [5.41, 5.74) is 0. The second-order valence-electron chi connectivity index (χ2n) is 22.6. The van der Waals surface area contributed by atoms with E-state index in [2.05, 4.69) is 50.3 Å². The molecule has 73 heavy (non-hydrogen) atoms. The van der Waals surface area contributed by atoms with Crippen LogP contribution in [0, 0.1) is 0 Å². The maximum Gasteiger partial charge on any atom is 0.306 e. The Morgan fingerprint density at radius 3 is 0.849 bits per heavy atom. The number of allylic oxidation sites excluding steroid dienone is 6. The summed E-state index contributed by atoms with van der Waals surface area (Å²) in [6.45, 7) is 4.15. The SMILES string of the molecule is CCCCC/C=C\C/C=C\C/C=C\CCCCCCCCC(=O)OC(CO)COC(=O)CCCCCCCCCCCCCCCCCCCCCCCCCCCCCCCCCCCCCCCCCC. The number of rotatable bonds is 62. The number of unbranched alkanes of at least 4 members (excludes halogenated alkanes) is 48. The number of carbonyl (C=O) groups is 2. The number of ether oxygens (including phenoxy) is 2. The molecule has 0 aliphatic carbocycles. The van der Waals surface area contributed by atoms with Crippen molar-refractivity contribution < 1.29 is 24.2 Å². The summed E-state index contributed by atoms with van der Waals surface area (Å²) >= 11 is 0. The summed E-state index contributed by atoms with van der Waals surface area (Å²) in [5, 5.41) is 9.66. The van der Waals surface area contributed by atoms with Crippen LogP contribution in [0.3, 0.4) is 0 Å². The van der Waals surface area contributed by atoms with E-state index in [1.165, 1.54) is 283 Å².